The number of ether oxygens (including phenoxy) is 2. The fourth-order valence-electron chi connectivity index (χ4n) is 4.72. The summed E-state index contributed by atoms with van der Waals surface area (Å²) in [6, 6.07) is 19.8. The number of phenols is 1. The lowest BCUT2D eigenvalue weighted by atomic mass is 9.95. The highest BCUT2D eigenvalue weighted by molar-refractivity contribution is 6.31. The van der Waals surface area contributed by atoms with Gasteiger partial charge in [-0.3, -0.25) is 9.89 Å². The highest BCUT2D eigenvalue weighted by Gasteiger charge is 2.42. The molecule has 3 aromatic carbocycles. The number of benzene rings is 3. The van der Waals surface area contributed by atoms with Crippen molar-refractivity contribution < 1.29 is 19.4 Å². The number of phenolic OH excluding ortho intramolecular Hbond substituents is 1. The Labute approximate surface area is 227 Å². The molecule has 0 spiro atoms. The van der Waals surface area contributed by atoms with Crippen molar-refractivity contribution in [2.24, 2.45) is 5.92 Å². The van der Waals surface area contributed by atoms with E-state index in [1.165, 1.54) is 6.07 Å². The fourth-order valence-corrected chi connectivity index (χ4v) is 4.90. The third-order valence-electron chi connectivity index (χ3n) is 6.73. The highest BCUT2D eigenvalue weighted by atomic mass is 35.5. The Morgan fingerprint density at radius 1 is 1.08 bits per heavy atom. The van der Waals surface area contributed by atoms with E-state index in [0.717, 1.165) is 29.0 Å². The molecule has 5 rings (SSSR count). The average Bonchev–Trinajstić information content (AvgIpc) is 3.45. The third-order valence-corrected chi connectivity index (χ3v) is 6.96. The second-order valence-electron chi connectivity index (χ2n) is 9.81. The van der Waals surface area contributed by atoms with Crippen molar-refractivity contribution in [2.45, 2.75) is 32.9 Å². The minimum Gasteiger partial charge on any atom is -0.507 e. The lowest BCUT2D eigenvalue weighted by Crippen LogP contribution is -2.29. The van der Waals surface area contributed by atoms with E-state index in [-0.39, 0.29) is 11.7 Å². The quantitative estimate of drug-likeness (QED) is 0.253. The van der Waals surface area contributed by atoms with Crippen LogP contribution in [0, 0.1) is 5.92 Å². The molecule has 0 aliphatic carbocycles. The summed E-state index contributed by atoms with van der Waals surface area (Å²) in [5, 5.41) is 18.5. The Kier molecular flexibility index (Phi) is 7.29. The maximum Gasteiger partial charge on any atom is 0.273 e. The maximum absolute atomic E-state index is 13.7. The molecular weight excluding hydrogens is 502 g/mol. The van der Waals surface area contributed by atoms with Gasteiger partial charge >= 0.3 is 0 Å². The molecule has 0 saturated carbocycles. The number of H-pyrrole nitrogens is 1. The van der Waals surface area contributed by atoms with Crippen molar-refractivity contribution in [2.75, 3.05) is 13.7 Å². The second kappa shape index (κ2) is 10.8. The van der Waals surface area contributed by atoms with E-state index < -0.39 is 6.04 Å². The summed E-state index contributed by atoms with van der Waals surface area (Å²) in [5.41, 5.74) is 3.88. The second-order valence-corrected chi connectivity index (χ2v) is 10.2. The average molecular weight is 532 g/mol. The summed E-state index contributed by atoms with van der Waals surface area (Å²) < 4.78 is 11.3. The van der Waals surface area contributed by atoms with Crippen molar-refractivity contribution in [3.8, 4) is 28.5 Å². The normalized spacial score (nSPS) is 14.7. The molecule has 1 unspecified atom stereocenters. The van der Waals surface area contributed by atoms with Crippen molar-refractivity contribution in [1.29, 1.82) is 0 Å². The minimum atomic E-state index is -0.458. The summed E-state index contributed by atoms with van der Waals surface area (Å²) in [7, 11) is 1.62. The topological polar surface area (TPSA) is 87.7 Å². The van der Waals surface area contributed by atoms with Crippen LogP contribution in [0.15, 0.2) is 66.7 Å². The number of amides is 1. The number of aromatic nitrogens is 2. The number of methoxy groups -OCH3 is 1. The molecule has 1 atom stereocenters. The van der Waals surface area contributed by atoms with Gasteiger partial charge < -0.3 is 19.5 Å². The Balaban J connectivity index is 1.58. The molecule has 4 aromatic rings. The van der Waals surface area contributed by atoms with Gasteiger partial charge in [-0.1, -0.05) is 49.7 Å². The van der Waals surface area contributed by atoms with Crippen LogP contribution in [0.1, 0.15) is 53.5 Å². The van der Waals surface area contributed by atoms with Crippen LogP contribution in [-0.2, 0) is 6.54 Å². The number of hydrogen-bond acceptors (Lipinski definition) is 5. The zero-order valence-corrected chi connectivity index (χ0v) is 22.3. The third kappa shape index (κ3) is 5.07. The summed E-state index contributed by atoms with van der Waals surface area (Å²) in [6.07, 6.45) is 0.944. The molecule has 0 fully saturated rings. The van der Waals surface area contributed by atoms with Crippen LogP contribution in [-0.4, -0.2) is 39.8 Å². The van der Waals surface area contributed by atoms with Gasteiger partial charge in [-0.05, 0) is 65.9 Å². The summed E-state index contributed by atoms with van der Waals surface area (Å²) >= 11 is 6.27. The molecule has 1 amide bonds. The molecule has 2 N–H and O–H groups in total. The molecular formula is C30H30ClN3O4. The van der Waals surface area contributed by atoms with Gasteiger partial charge in [0, 0.05) is 22.7 Å². The number of fused-ring (bicyclic) bond motifs is 1. The summed E-state index contributed by atoms with van der Waals surface area (Å²) in [4.78, 5) is 15.6. The van der Waals surface area contributed by atoms with Gasteiger partial charge in [0.1, 0.15) is 28.6 Å². The molecule has 1 aromatic heterocycles. The molecule has 0 bridgehead atoms. The first-order valence-electron chi connectivity index (χ1n) is 12.6. The SMILES string of the molecule is COc1ccc(CN2C(=O)c3[nH]nc(-c4cc(Cl)ccc4O)c3C2c2cccc(OCCC(C)C)c2)cc1. The van der Waals surface area contributed by atoms with E-state index in [1.807, 2.05) is 53.4 Å². The Morgan fingerprint density at radius 2 is 1.87 bits per heavy atom. The minimum absolute atomic E-state index is 0.0364. The predicted molar refractivity (Wildman–Crippen MR) is 147 cm³/mol. The van der Waals surface area contributed by atoms with E-state index in [0.29, 0.717) is 46.6 Å². The van der Waals surface area contributed by atoms with Crippen LogP contribution in [0.25, 0.3) is 11.3 Å². The lowest BCUT2D eigenvalue weighted by molar-refractivity contribution is 0.0729. The van der Waals surface area contributed by atoms with E-state index in [2.05, 4.69) is 24.0 Å². The Morgan fingerprint density at radius 3 is 2.61 bits per heavy atom. The number of aromatic hydroxyl groups is 1. The monoisotopic (exact) mass is 531 g/mol. The first kappa shape index (κ1) is 25.7. The molecule has 0 saturated heterocycles. The summed E-state index contributed by atoms with van der Waals surface area (Å²) in [6.45, 7) is 5.30. The highest BCUT2D eigenvalue weighted by Crippen LogP contribution is 2.46. The first-order chi connectivity index (χ1) is 18.4. The van der Waals surface area contributed by atoms with E-state index in [4.69, 9.17) is 21.1 Å². The van der Waals surface area contributed by atoms with E-state index in [9.17, 15) is 9.90 Å². The molecule has 2 heterocycles. The van der Waals surface area contributed by atoms with Crippen molar-refractivity contribution in [1.82, 2.24) is 15.1 Å². The zero-order valence-electron chi connectivity index (χ0n) is 21.6. The van der Waals surface area contributed by atoms with Crippen LogP contribution in [0.3, 0.4) is 0 Å². The zero-order chi connectivity index (χ0) is 26.8. The van der Waals surface area contributed by atoms with Gasteiger partial charge in [0.05, 0.1) is 19.8 Å². The van der Waals surface area contributed by atoms with Crippen molar-refractivity contribution in [3.63, 3.8) is 0 Å². The van der Waals surface area contributed by atoms with Crippen LogP contribution in [0.5, 0.6) is 17.2 Å². The van der Waals surface area contributed by atoms with Crippen molar-refractivity contribution in [3.05, 3.63) is 94.1 Å². The standard InChI is InChI=1S/C30H30ClN3O4/c1-18(2)13-14-38-23-6-4-5-20(15-23)29-26-27(24-16-21(31)9-12-25(24)35)32-33-28(26)30(36)34(29)17-19-7-10-22(37-3)11-8-19/h4-12,15-16,18,29,35H,13-14,17H2,1-3H3,(H,32,33). The Hall–Kier alpha value is -3.97. The van der Waals surface area contributed by atoms with Crippen molar-refractivity contribution >= 4 is 17.5 Å². The molecule has 38 heavy (non-hydrogen) atoms. The first-order valence-corrected chi connectivity index (χ1v) is 13.0. The number of nitrogens with zero attached hydrogens (tertiary/aromatic N) is 2. The van der Waals surface area contributed by atoms with Gasteiger partial charge in [0.15, 0.2) is 0 Å². The van der Waals surface area contributed by atoms with Crippen LogP contribution >= 0.6 is 11.6 Å². The van der Waals surface area contributed by atoms with Gasteiger partial charge in [-0.2, -0.15) is 5.10 Å². The molecule has 7 nitrogen and oxygen atoms in total. The number of rotatable bonds is 9. The number of hydrogen-bond donors (Lipinski definition) is 2. The molecule has 0 radical (unpaired) electrons. The number of nitrogens with one attached hydrogen (secondary N) is 1. The number of carbonyl (C=O) groups excluding carboxylic acids is 1. The number of carbonyl (C=O) groups is 1. The van der Waals surface area contributed by atoms with E-state index >= 15 is 0 Å². The molecule has 8 heteroatoms. The summed E-state index contributed by atoms with van der Waals surface area (Å²) in [5.74, 6) is 1.88. The largest absolute Gasteiger partial charge is 0.507 e. The Bertz CT molecular complexity index is 1450. The van der Waals surface area contributed by atoms with Crippen LogP contribution < -0.4 is 9.47 Å². The number of halogens is 1. The molecule has 1 aliphatic heterocycles. The van der Waals surface area contributed by atoms with Gasteiger partial charge in [0.25, 0.3) is 5.91 Å². The van der Waals surface area contributed by atoms with Crippen LogP contribution in [0.4, 0.5) is 0 Å². The fraction of sp³-hybridized carbons (Fsp3) is 0.267. The lowest BCUT2D eigenvalue weighted by Gasteiger charge is -2.27. The predicted octanol–water partition coefficient (Wildman–Crippen LogP) is 6.61. The maximum atomic E-state index is 13.7. The smallest absolute Gasteiger partial charge is 0.273 e. The van der Waals surface area contributed by atoms with Gasteiger partial charge in [-0.25, -0.2) is 0 Å². The van der Waals surface area contributed by atoms with Gasteiger partial charge in [-0.15, -0.1) is 0 Å². The molecule has 1 aliphatic rings. The molecule has 196 valence electrons. The van der Waals surface area contributed by atoms with E-state index in [1.54, 1.807) is 19.2 Å². The van der Waals surface area contributed by atoms with Gasteiger partial charge in [0.2, 0.25) is 0 Å². The van der Waals surface area contributed by atoms with Crippen LogP contribution in [0.2, 0.25) is 5.02 Å². The number of aromatic amines is 1.